The van der Waals surface area contributed by atoms with E-state index in [1.807, 2.05) is 0 Å². The topological polar surface area (TPSA) is 105 Å². The Morgan fingerprint density at radius 2 is 1.45 bits per heavy atom. The second kappa shape index (κ2) is 9.52. The highest BCUT2D eigenvalue weighted by molar-refractivity contribution is 5.97. The Balaban J connectivity index is 1.17. The first-order valence-electron chi connectivity index (χ1n) is 14.0. The van der Waals surface area contributed by atoms with Crippen LogP contribution >= 0.6 is 0 Å². The Hall–Kier alpha value is -2.51. The van der Waals surface area contributed by atoms with Crippen molar-refractivity contribution in [2.24, 2.45) is 0 Å². The highest BCUT2D eigenvalue weighted by Gasteiger charge is 2.65. The molecule has 5 fully saturated rings. The highest BCUT2D eigenvalue weighted by Crippen LogP contribution is 2.51. The monoisotopic (exact) mass is 565 g/mol. The number of nitrogens with one attached hydrogen (secondary N) is 1. The fourth-order valence-electron chi connectivity index (χ4n) is 6.86. The van der Waals surface area contributed by atoms with Crippen LogP contribution in [-0.2, 0) is 34.7 Å². The minimum absolute atomic E-state index is 0.140. The maximum Gasteiger partial charge on any atom is 0.417 e. The van der Waals surface area contributed by atoms with Crippen molar-refractivity contribution in [1.29, 1.82) is 0 Å². The van der Waals surface area contributed by atoms with Gasteiger partial charge < -0.3 is 33.4 Å². The summed E-state index contributed by atoms with van der Waals surface area (Å²) in [5, 5.41) is 2.41. The molecule has 1 aromatic heterocycles. The molecule has 9 nitrogen and oxygen atoms in total. The van der Waals surface area contributed by atoms with Crippen molar-refractivity contribution in [3.8, 4) is 0 Å². The number of halogens is 3. The number of rotatable bonds is 2. The third-order valence-electron chi connectivity index (χ3n) is 8.69. The van der Waals surface area contributed by atoms with Gasteiger partial charge in [-0.05, 0) is 37.8 Å². The number of fused-ring (bicyclic) bond motifs is 4. The zero-order chi connectivity index (χ0) is 27.7. The molecule has 0 unspecified atom stereocenters. The third kappa shape index (κ3) is 4.53. The minimum atomic E-state index is -4.74. The first-order valence-corrected chi connectivity index (χ1v) is 14.0. The molecular formula is C28H30F3NO8. The predicted octanol–water partition coefficient (Wildman–Crippen LogP) is 5.00. The summed E-state index contributed by atoms with van der Waals surface area (Å²) in [5.74, 6) is -2.18. The van der Waals surface area contributed by atoms with Crippen molar-refractivity contribution in [2.75, 3.05) is 5.32 Å². The van der Waals surface area contributed by atoms with E-state index in [4.69, 9.17) is 28.1 Å². The standard InChI is InChI=1S/C28H30F3NO8/c29-28(30,31)17-14-19(33)35-18-13-15(7-8-16(17)18)32-24(34)22-20-21(38-26(37-20)9-3-1-4-10-26)23-25(36-22)40-27(39-23)11-5-2-6-12-27/h7-8,13-14,20-23,25H,1-6,9-12H2,(H,32,34)/t20-,21+,22-,23-,25-/m1/s1. The third-order valence-corrected chi connectivity index (χ3v) is 8.69. The van der Waals surface area contributed by atoms with Gasteiger partial charge in [-0.15, -0.1) is 0 Å². The molecule has 3 aliphatic heterocycles. The van der Waals surface area contributed by atoms with Crippen LogP contribution in [-0.4, -0.2) is 48.2 Å². The van der Waals surface area contributed by atoms with Crippen LogP contribution in [0.4, 0.5) is 18.9 Å². The van der Waals surface area contributed by atoms with Gasteiger partial charge in [-0.2, -0.15) is 13.2 Å². The summed E-state index contributed by atoms with van der Waals surface area (Å²) in [6, 6.07) is 4.08. The summed E-state index contributed by atoms with van der Waals surface area (Å²) < 4.78 is 77.4. The molecule has 3 saturated heterocycles. The van der Waals surface area contributed by atoms with E-state index in [1.54, 1.807) is 0 Å². The van der Waals surface area contributed by atoms with E-state index in [1.165, 1.54) is 12.1 Å². The molecular weight excluding hydrogens is 535 g/mol. The summed E-state index contributed by atoms with van der Waals surface area (Å²) in [6.07, 6.45) is 0.231. The number of alkyl halides is 3. The number of amides is 1. The molecule has 5 aliphatic rings. The number of benzene rings is 1. The molecule has 7 rings (SSSR count). The van der Waals surface area contributed by atoms with E-state index in [9.17, 15) is 22.8 Å². The lowest BCUT2D eigenvalue weighted by molar-refractivity contribution is -0.246. The minimum Gasteiger partial charge on any atom is -0.423 e. The molecule has 1 amide bonds. The van der Waals surface area contributed by atoms with Crippen molar-refractivity contribution in [3.05, 3.63) is 40.2 Å². The van der Waals surface area contributed by atoms with Crippen molar-refractivity contribution in [1.82, 2.24) is 0 Å². The zero-order valence-electron chi connectivity index (χ0n) is 21.7. The Morgan fingerprint density at radius 3 is 2.12 bits per heavy atom. The lowest BCUT2D eigenvalue weighted by Crippen LogP contribution is -2.58. The number of ether oxygens (including phenoxy) is 5. The number of hydrogen-bond acceptors (Lipinski definition) is 8. The number of hydrogen-bond donors (Lipinski definition) is 1. The number of carbonyl (C=O) groups is 1. The van der Waals surface area contributed by atoms with Crippen molar-refractivity contribution < 1.29 is 46.1 Å². The van der Waals surface area contributed by atoms with Gasteiger partial charge in [0.15, 0.2) is 24.0 Å². The van der Waals surface area contributed by atoms with E-state index < -0.39 is 65.6 Å². The zero-order valence-corrected chi connectivity index (χ0v) is 21.7. The molecule has 2 aromatic rings. The molecule has 40 heavy (non-hydrogen) atoms. The van der Waals surface area contributed by atoms with Gasteiger partial charge in [0.25, 0.3) is 5.91 Å². The normalized spacial score (nSPS) is 32.7. The SMILES string of the molecule is O=C(Nc1ccc2c(C(F)(F)F)cc(=O)oc2c1)[C@@H]1O[C@@H]2OC3(CCCCC3)O[C@@H]2[C@H]2OC3(CCCCC3)O[C@H]21. The fraction of sp³-hybridized carbons (Fsp3) is 0.643. The van der Waals surface area contributed by atoms with Crippen LogP contribution in [0.15, 0.2) is 33.5 Å². The van der Waals surface area contributed by atoms with Gasteiger partial charge >= 0.3 is 11.8 Å². The van der Waals surface area contributed by atoms with Crippen LogP contribution in [0, 0.1) is 0 Å². The summed E-state index contributed by atoms with van der Waals surface area (Å²) in [5.41, 5.74) is -2.41. The Kier molecular flexibility index (Phi) is 6.28. The molecule has 0 radical (unpaired) electrons. The quantitative estimate of drug-likeness (QED) is 0.508. The van der Waals surface area contributed by atoms with E-state index in [0.717, 1.165) is 57.4 Å². The molecule has 1 aromatic carbocycles. The van der Waals surface area contributed by atoms with Crippen molar-refractivity contribution >= 4 is 22.6 Å². The second-order valence-corrected chi connectivity index (χ2v) is 11.4. The van der Waals surface area contributed by atoms with Gasteiger partial charge in [-0.25, -0.2) is 4.79 Å². The molecule has 4 heterocycles. The molecule has 0 bridgehead atoms. The van der Waals surface area contributed by atoms with E-state index >= 15 is 0 Å². The molecule has 1 N–H and O–H groups in total. The van der Waals surface area contributed by atoms with E-state index in [2.05, 4.69) is 5.32 Å². The van der Waals surface area contributed by atoms with Crippen LogP contribution in [0.25, 0.3) is 11.0 Å². The Bertz CT molecular complexity index is 1360. The van der Waals surface area contributed by atoms with Gasteiger partial charge in [0.2, 0.25) is 0 Å². The lowest BCUT2D eigenvalue weighted by atomic mass is 9.94. The fourth-order valence-corrected chi connectivity index (χ4v) is 6.86. The van der Waals surface area contributed by atoms with Crippen LogP contribution < -0.4 is 10.9 Å². The summed E-state index contributed by atoms with van der Waals surface area (Å²) in [4.78, 5) is 25.4. The molecule has 2 saturated carbocycles. The van der Waals surface area contributed by atoms with Crippen molar-refractivity contribution in [2.45, 2.75) is 113 Å². The Morgan fingerprint density at radius 1 is 0.825 bits per heavy atom. The first kappa shape index (κ1) is 26.4. The van der Waals surface area contributed by atoms with Gasteiger partial charge in [-0.3, -0.25) is 4.79 Å². The molecule has 12 heteroatoms. The van der Waals surface area contributed by atoms with Crippen LogP contribution in [0.2, 0.25) is 0 Å². The Labute approximate surface area is 227 Å². The van der Waals surface area contributed by atoms with E-state index in [0.29, 0.717) is 18.9 Å². The number of carbonyl (C=O) groups excluding carboxylic acids is 1. The average molecular weight is 566 g/mol. The average Bonchev–Trinajstić information content (AvgIpc) is 3.45. The molecule has 2 spiro atoms. The highest BCUT2D eigenvalue weighted by atomic mass is 19.4. The predicted molar refractivity (Wildman–Crippen MR) is 132 cm³/mol. The second-order valence-electron chi connectivity index (χ2n) is 11.4. The van der Waals surface area contributed by atoms with Crippen LogP contribution in [0.3, 0.4) is 0 Å². The van der Waals surface area contributed by atoms with Gasteiger partial charge in [-0.1, -0.05) is 12.8 Å². The molecule has 2 aliphatic carbocycles. The van der Waals surface area contributed by atoms with Crippen LogP contribution in [0.5, 0.6) is 0 Å². The maximum absolute atomic E-state index is 13.6. The number of anilines is 1. The summed E-state index contributed by atoms with van der Waals surface area (Å²) in [6.45, 7) is 0. The van der Waals surface area contributed by atoms with Gasteiger partial charge in [0.1, 0.15) is 23.9 Å². The van der Waals surface area contributed by atoms with Gasteiger partial charge in [0.05, 0.1) is 5.56 Å². The smallest absolute Gasteiger partial charge is 0.417 e. The van der Waals surface area contributed by atoms with Crippen LogP contribution in [0.1, 0.15) is 69.8 Å². The molecule has 5 atom stereocenters. The largest absolute Gasteiger partial charge is 0.423 e. The van der Waals surface area contributed by atoms with Gasteiger partial charge in [0, 0.05) is 48.9 Å². The van der Waals surface area contributed by atoms with E-state index in [-0.39, 0.29) is 16.7 Å². The van der Waals surface area contributed by atoms with Crippen molar-refractivity contribution in [3.63, 3.8) is 0 Å². The molecule has 216 valence electrons. The lowest BCUT2D eigenvalue weighted by Gasteiger charge is -2.36. The maximum atomic E-state index is 13.6. The summed E-state index contributed by atoms with van der Waals surface area (Å²) in [7, 11) is 0. The first-order chi connectivity index (χ1) is 19.1. The summed E-state index contributed by atoms with van der Waals surface area (Å²) >= 11 is 0.